The number of carbonyl (C=O) groups is 2. The minimum Gasteiger partial charge on any atom is -0.452 e. The molecule has 0 saturated carbocycles. The van der Waals surface area contributed by atoms with Gasteiger partial charge >= 0.3 is 5.97 Å². The van der Waals surface area contributed by atoms with Gasteiger partial charge in [-0.3, -0.25) is 4.79 Å². The van der Waals surface area contributed by atoms with Crippen LogP contribution in [0.1, 0.15) is 27.9 Å². The summed E-state index contributed by atoms with van der Waals surface area (Å²) in [6.07, 6.45) is 0.402. The second-order valence-corrected chi connectivity index (χ2v) is 7.79. The van der Waals surface area contributed by atoms with Crippen LogP contribution in [0.3, 0.4) is 0 Å². The number of ether oxygens (including phenoxy) is 1. The molecule has 0 spiro atoms. The molecule has 6 nitrogen and oxygen atoms in total. The van der Waals surface area contributed by atoms with Crippen LogP contribution >= 0.6 is 0 Å². The van der Waals surface area contributed by atoms with Crippen molar-refractivity contribution < 1.29 is 22.7 Å². The van der Waals surface area contributed by atoms with Crippen LogP contribution in [0, 0.1) is 13.8 Å². The van der Waals surface area contributed by atoms with Crippen LogP contribution in [-0.4, -0.2) is 44.4 Å². The van der Waals surface area contributed by atoms with E-state index in [1.807, 2.05) is 13.0 Å². The number of amides is 1. The van der Waals surface area contributed by atoms with Crippen molar-refractivity contribution in [1.29, 1.82) is 0 Å². The maximum atomic E-state index is 11.9. The highest BCUT2D eigenvalue weighted by Gasteiger charge is 2.29. The Bertz CT molecular complexity index is 696. The smallest absolute Gasteiger partial charge is 0.338 e. The van der Waals surface area contributed by atoms with Crippen molar-refractivity contribution in [3.05, 3.63) is 34.9 Å². The van der Waals surface area contributed by atoms with Gasteiger partial charge in [0.1, 0.15) is 0 Å². The summed E-state index contributed by atoms with van der Waals surface area (Å²) in [6.45, 7) is 3.31. The van der Waals surface area contributed by atoms with E-state index in [2.05, 4.69) is 5.32 Å². The van der Waals surface area contributed by atoms with Gasteiger partial charge in [0.25, 0.3) is 5.91 Å². The van der Waals surface area contributed by atoms with Gasteiger partial charge in [-0.15, -0.1) is 0 Å². The first-order valence-corrected chi connectivity index (χ1v) is 8.83. The molecule has 120 valence electrons. The van der Waals surface area contributed by atoms with Crippen molar-refractivity contribution >= 4 is 21.7 Å². The molecule has 1 heterocycles. The van der Waals surface area contributed by atoms with E-state index in [1.165, 1.54) is 0 Å². The fourth-order valence-corrected chi connectivity index (χ4v) is 4.10. The highest BCUT2D eigenvalue weighted by atomic mass is 32.2. The number of aryl methyl sites for hydroxylation is 2. The molecule has 7 heteroatoms. The zero-order valence-electron chi connectivity index (χ0n) is 12.6. The Morgan fingerprint density at radius 2 is 2.05 bits per heavy atom. The third-order valence-corrected chi connectivity index (χ3v) is 5.30. The highest BCUT2D eigenvalue weighted by Crippen LogP contribution is 2.13. The Kier molecular flexibility index (Phi) is 4.85. The number of rotatable bonds is 4. The van der Waals surface area contributed by atoms with E-state index in [-0.39, 0.29) is 11.5 Å². The van der Waals surface area contributed by atoms with Crippen molar-refractivity contribution in [1.82, 2.24) is 5.32 Å². The van der Waals surface area contributed by atoms with Crippen LogP contribution in [0.5, 0.6) is 0 Å². The first-order chi connectivity index (χ1) is 10.3. The molecule has 1 atom stereocenters. The summed E-state index contributed by atoms with van der Waals surface area (Å²) < 4.78 is 27.6. The Morgan fingerprint density at radius 3 is 2.64 bits per heavy atom. The topological polar surface area (TPSA) is 89.5 Å². The quantitative estimate of drug-likeness (QED) is 0.826. The lowest BCUT2D eigenvalue weighted by Gasteiger charge is -2.11. The van der Waals surface area contributed by atoms with Crippen LogP contribution in [0.4, 0.5) is 0 Å². The fourth-order valence-electron chi connectivity index (χ4n) is 2.43. The monoisotopic (exact) mass is 325 g/mol. The standard InChI is InChI=1S/C15H19NO5S/c1-10-3-4-13(11(2)7-10)15(18)21-8-14(17)16-12-5-6-22(19,20)9-12/h3-4,7,12H,5-6,8-9H2,1-2H3,(H,16,17). The zero-order chi connectivity index (χ0) is 16.3. The number of sulfone groups is 1. The Labute approximate surface area is 129 Å². The summed E-state index contributed by atoms with van der Waals surface area (Å²) in [5.74, 6) is -1.02. The SMILES string of the molecule is Cc1ccc(C(=O)OCC(=O)NC2CCS(=O)(=O)C2)c(C)c1. The molecule has 1 fully saturated rings. The van der Waals surface area contributed by atoms with E-state index in [1.54, 1.807) is 19.1 Å². The van der Waals surface area contributed by atoms with E-state index in [0.717, 1.165) is 11.1 Å². The van der Waals surface area contributed by atoms with Gasteiger partial charge in [0.15, 0.2) is 16.4 Å². The molecule has 1 aromatic carbocycles. The second-order valence-electron chi connectivity index (χ2n) is 5.56. The summed E-state index contributed by atoms with van der Waals surface area (Å²) in [7, 11) is -3.05. The molecule has 0 aromatic heterocycles. The van der Waals surface area contributed by atoms with Gasteiger partial charge in [-0.05, 0) is 31.9 Å². The second kappa shape index (κ2) is 6.48. The van der Waals surface area contributed by atoms with Gasteiger partial charge in [0.2, 0.25) is 0 Å². The summed E-state index contributed by atoms with van der Waals surface area (Å²) in [6, 6.07) is 4.93. The number of benzene rings is 1. The Balaban J connectivity index is 1.84. The molecule has 1 saturated heterocycles. The van der Waals surface area contributed by atoms with E-state index in [9.17, 15) is 18.0 Å². The van der Waals surface area contributed by atoms with E-state index >= 15 is 0 Å². The van der Waals surface area contributed by atoms with Crippen LogP contribution in [0.2, 0.25) is 0 Å². The summed E-state index contributed by atoms with van der Waals surface area (Å²) in [4.78, 5) is 23.6. The maximum Gasteiger partial charge on any atom is 0.338 e. The third kappa shape index (κ3) is 4.30. The summed E-state index contributed by atoms with van der Waals surface area (Å²) in [5.41, 5.74) is 2.24. The Hall–Kier alpha value is -1.89. The predicted octanol–water partition coefficient (Wildman–Crippen LogP) is 0.764. The molecule has 2 rings (SSSR count). The molecule has 0 bridgehead atoms. The molecule has 0 radical (unpaired) electrons. The predicted molar refractivity (Wildman–Crippen MR) is 81.4 cm³/mol. The Morgan fingerprint density at radius 1 is 1.32 bits per heavy atom. The van der Waals surface area contributed by atoms with Crippen molar-refractivity contribution in [3.63, 3.8) is 0 Å². The van der Waals surface area contributed by atoms with Crippen molar-refractivity contribution in [3.8, 4) is 0 Å². The molecule has 22 heavy (non-hydrogen) atoms. The van der Waals surface area contributed by atoms with E-state index in [0.29, 0.717) is 12.0 Å². The third-order valence-electron chi connectivity index (χ3n) is 3.53. The van der Waals surface area contributed by atoms with Crippen molar-refractivity contribution in [2.75, 3.05) is 18.1 Å². The molecule has 1 unspecified atom stereocenters. The molecular weight excluding hydrogens is 306 g/mol. The first-order valence-electron chi connectivity index (χ1n) is 7.01. The average molecular weight is 325 g/mol. The normalized spacial score (nSPS) is 19.6. The molecule has 1 N–H and O–H groups in total. The number of esters is 1. The minimum atomic E-state index is -3.05. The van der Waals surface area contributed by atoms with Crippen LogP contribution in [0.15, 0.2) is 18.2 Å². The number of hydrogen-bond donors (Lipinski definition) is 1. The number of carbonyl (C=O) groups excluding carboxylic acids is 2. The van der Waals surface area contributed by atoms with Gasteiger partial charge in [-0.1, -0.05) is 17.7 Å². The fraction of sp³-hybridized carbons (Fsp3) is 0.467. The van der Waals surface area contributed by atoms with Crippen molar-refractivity contribution in [2.24, 2.45) is 0 Å². The minimum absolute atomic E-state index is 0.0518. The average Bonchev–Trinajstić information content (AvgIpc) is 2.75. The molecule has 1 aliphatic rings. The van der Waals surface area contributed by atoms with Crippen LogP contribution in [-0.2, 0) is 19.4 Å². The van der Waals surface area contributed by atoms with Gasteiger partial charge in [0.05, 0.1) is 17.1 Å². The molecule has 1 aromatic rings. The number of hydrogen-bond acceptors (Lipinski definition) is 5. The van der Waals surface area contributed by atoms with Gasteiger partial charge < -0.3 is 10.1 Å². The van der Waals surface area contributed by atoms with Gasteiger partial charge in [-0.25, -0.2) is 13.2 Å². The lowest BCUT2D eigenvalue weighted by molar-refractivity contribution is -0.124. The van der Waals surface area contributed by atoms with Gasteiger partial charge in [0, 0.05) is 6.04 Å². The largest absolute Gasteiger partial charge is 0.452 e. The highest BCUT2D eigenvalue weighted by molar-refractivity contribution is 7.91. The van der Waals surface area contributed by atoms with E-state index in [4.69, 9.17) is 4.74 Å². The molecule has 0 aliphatic carbocycles. The summed E-state index contributed by atoms with van der Waals surface area (Å²) in [5, 5.41) is 2.57. The number of nitrogens with one attached hydrogen (secondary N) is 1. The van der Waals surface area contributed by atoms with Gasteiger partial charge in [-0.2, -0.15) is 0 Å². The van der Waals surface area contributed by atoms with Crippen LogP contribution in [0.25, 0.3) is 0 Å². The van der Waals surface area contributed by atoms with E-state index < -0.39 is 34.4 Å². The lowest BCUT2D eigenvalue weighted by atomic mass is 10.1. The molecular formula is C15H19NO5S. The summed E-state index contributed by atoms with van der Waals surface area (Å²) >= 11 is 0. The molecule has 1 amide bonds. The zero-order valence-corrected chi connectivity index (χ0v) is 13.4. The maximum absolute atomic E-state index is 11.9. The van der Waals surface area contributed by atoms with Crippen LogP contribution < -0.4 is 5.32 Å². The lowest BCUT2D eigenvalue weighted by Crippen LogP contribution is -2.38. The first kappa shape index (κ1) is 16.5. The van der Waals surface area contributed by atoms with Crippen molar-refractivity contribution in [2.45, 2.75) is 26.3 Å². The molecule has 1 aliphatic heterocycles.